The molecule has 5 heteroatoms. The van der Waals surface area contributed by atoms with Crippen molar-refractivity contribution in [3.8, 4) is 11.5 Å². The van der Waals surface area contributed by atoms with Crippen LogP contribution in [0.1, 0.15) is 21.6 Å². The molecule has 1 aliphatic heterocycles. The Bertz CT molecular complexity index is 929. The van der Waals surface area contributed by atoms with Crippen LogP contribution in [0.3, 0.4) is 0 Å². The minimum absolute atomic E-state index is 0.0430. The number of carbonyl (C=O) groups excluding carboxylic acids is 1. The quantitative estimate of drug-likeness (QED) is 0.660. The number of nitrogens with zero attached hydrogens (tertiary/aromatic N) is 2. The number of ether oxygens (including phenoxy) is 2. The van der Waals surface area contributed by atoms with Crippen molar-refractivity contribution in [3.63, 3.8) is 0 Å². The van der Waals surface area contributed by atoms with E-state index in [2.05, 4.69) is 17.1 Å². The molecule has 3 aromatic rings. The number of carbonyl (C=O) groups is 1. The van der Waals surface area contributed by atoms with Gasteiger partial charge in [-0.2, -0.15) is 0 Å². The van der Waals surface area contributed by atoms with E-state index in [1.165, 1.54) is 5.56 Å². The molecule has 0 unspecified atom stereocenters. The number of amides is 1. The van der Waals surface area contributed by atoms with Gasteiger partial charge in [-0.15, -0.1) is 0 Å². The summed E-state index contributed by atoms with van der Waals surface area (Å²) in [4.78, 5) is 19.5. The maximum atomic E-state index is 13.3. The predicted octanol–water partition coefficient (Wildman–Crippen LogP) is 3.74. The standard InChI is InChI=1S/C23H22N2O3/c26-23(19-9-10-21-22(16-19)28-15-14-27-21)25(17-20-8-4-5-12-24-20)13-11-18-6-2-1-3-7-18/h1-10,12,16H,11,13-15,17H2. The normalized spacial score (nSPS) is 12.4. The molecule has 1 amide bonds. The number of aromatic nitrogens is 1. The lowest BCUT2D eigenvalue weighted by Crippen LogP contribution is -2.33. The van der Waals surface area contributed by atoms with Crippen molar-refractivity contribution < 1.29 is 14.3 Å². The van der Waals surface area contributed by atoms with E-state index >= 15 is 0 Å². The van der Waals surface area contributed by atoms with Crippen LogP contribution in [0.2, 0.25) is 0 Å². The fourth-order valence-electron chi connectivity index (χ4n) is 3.21. The Morgan fingerprint density at radius 2 is 1.71 bits per heavy atom. The van der Waals surface area contributed by atoms with Crippen LogP contribution < -0.4 is 9.47 Å². The number of pyridine rings is 1. The number of benzene rings is 2. The first kappa shape index (κ1) is 18.0. The van der Waals surface area contributed by atoms with Crippen molar-refractivity contribution in [1.82, 2.24) is 9.88 Å². The van der Waals surface area contributed by atoms with E-state index in [4.69, 9.17) is 9.47 Å². The lowest BCUT2D eigenvalue weighted by Gasteiger charge is -2.24. The molecular weight excluding hydrogens is 352 g/mol. The third-order valence-corrected chi connectivity index (χ3v) is 4.67. The SMILES string of the molecule is O=C(c1ccc2c(c1)OCCO2)N(CCc1ccccc1)Cc1ccccn1. The largest absolute Gasteiger partial charge is 0.486 e. The van der Waals surface area contributed by atoms with E-state index in [0.717, 1.165) is 12.1 Å². The zero-order valence-corrected chi connectivity index (χ0v) is 15.6. The summed E-state index contributed by atoms with van der Waals surface area (Å²) in [5.74, 6) is 1.26. The predicted molar refractivity (Wildman–Crippen MR) is 107 cm³/mol. The van der Waals surface area contributed by atoms with Gasteiger partial charge in [0.15, 0.2) is 11.5 Å². The molecule has 0 saturated carbocycles. The highest BCUT2D eigenvalue weighted by Crippen LogP contribution is 2.31. The van der Waals surface area contributed by atoms with Gasteiger partial charge in [0, 0.05) is 18.3 Å². The third-order valence-electron chi connectivity index (χ3n) is 4.67. The van der Waals surface area contributed by atoms with Crippen molar-refractivity contribution >= 4 is 5.91 Å². The van der Waals surface area contributed by atoms with Gasteiger partial charge in [0.1, 0.15) is 13.2 Å². The molecule has 1 aromatic heterocycles. The second-order valence-electron chi connectivity index (χ2n) is 6.64. The van der Waals surface area contributed by atoms with Crippen molar-refractivity contribution in [2.75, 3.05) is 19.8 Å². The topological polar surface area (TPSA) is 51.7 Å². The molecule has 4 rings (SSSR count). The summed E-state index contributed by atoms with van der Waals surface area (Å²) in [6.45, 7) is 2.09. The molecule has 2 heterocycles. The second-order valence-corrected chi connectivity index (χ2v) is 6.64. The number of rotatable bonds is 6. The molecule has 0 saturated heterocycles. The average Bonchev–Trinajstić information content (AvgIpc) is 2.77. The van der Waals surface area contributed by atoms with Gasteiger partial charge in [-0.3, -0.25) is 9.78 Å². The Labute approximate surface area is 164 Å². The molecule has 0 aliphatic carbocycles. The van der Waals surface area contributed by atoms with Gasteiger partial charge >= 0.3 is 0 Å². The van der Waals surface area contributed by atoms with E-state index < -0.39 is 0 Å². The van der Waals surface area contributed by atoms with E-state index in [-0.39, 0.29) is 5.91 Å². The summed E-state index contributed by atoms with van der Waals surface area (Å²) < 4.78 is 11.2. The van der Waals surface area contributed by atoms with E-state index in [9.17, 15) is 4.79 Å². The molecule has 0 atom stereocenters. The first-order chi connectivity index (χ1) is 13.8. The molecule has 5 nitrogen and oxygen atoms in total. The Balaban J connectivity index is 1.55. The summed E-state index contributed by atoms with van der Waals surface area (Å²) in [6.07, 6.45) is 2.53. The number of hydrogen-bond donors (Lipinski definition) is 0. The van der Waals surface area contributed by atoms with Gasteiger partial charge in [-0.25, -0.2) is 0 Å². The first-order valence-electron chi connectivity index (χ1n) is 9.42. The van der Waals surface area contributed by atoms with Gasteiger partial charge < -0.3 is 14.4 Å². The molecule has 0 spiro atoms. The monoisotopic (exact) mass is 374 g/mol. The van der Waals surface area contributed by atoms with Crippen LogP contribution >= 0.6 is 0 Å². The van der Waals surface area contributed by atoms with Crippen LogP contribution in [0.4, 0.5) is 0 Å². The molecule has 0 fully saturated rings. The van der Waals surface area contributed by atoms with Gasteiger partial charge in [0.05, 0.1) is 12.2 Å². The van der Waals surface area contributed by atoms with Crippen molar-refractivity contribution in [2.45, 2.75) is 13.0 Å². The molecule has 142 valence electrons. The maximum absolute atomic E-state index is 13.3. The number of fused-ring (bicyclic) bond motifs is 1. The summed E-state index contributed by atoms with van der Waals surface area (Å²) >= 11 is 0. The fourth-order valence-corrected chi connectivity index (χ4v) is 3.21. The number of hydrogen-bond acceptors (Lipinski definition) is 4. The lowest BCUT2D eigenvalue weighted by molar-refractivity contribution is 0.0742. The van der Waals surface area contributed by atoms with Crippen LogP contribution in [-0.4, -0.2) is 35.5 Å². The van der Waals surface area contributed by atoms with Gasteiger partial charge in [-0.05, 0) is 42.3 Å². The maximum Gasteiger partial charge on any atom is 0.254 e. The third kappa shape index (κ3) is 4.31. The van der Waals surface area contributed by atoms with Crippen molar-refractivity contribution in [1.29, 1.82) is 0 Å². The van der Waals surface area contributed by atoms with Crippen LogP contribution in [0.5, 0.6) is 11.5 Å². The van der Waals surface area contributed by atoms with Crippen LogP contribution in [0.15, 0.2) is 72.9 Å². The lowest BCUT2D eigenvalue weighted by atomic mass is 10.1. The molecular formula is C23H22N2O3. The summed E-state index contributed by atoms with van der Waals surface area (Å²) in [5.41, 5.74) is 2.65. The second kappa shape index (κ2) is 8.57. The van der Waals surface area contributed by atoms with Crippen LogP contribution in [0, 0.1) is 0 Å². The minimum atomic E-state index is -0.0430. The molecule has 0 N–H and O–H groups in total. The summed E-state index contributed by atoms with van der Waals surface area (Å²) in [5, 5.41) is 0. The first-order valence-corrected chi connectivity index (χ1v) is 9.42. The van der Waals surface area contributed by atoms with Crippen LogP contribution in [-0.2, 0) is 13.0 Å². The zero-order valence-electron chi connectivity index (χ0n) is 15.6. The van der Waals surface area contributed by atoms with E-state index in [1.54, 1.807) is 24.4 Å². The Kier molecular flexibility index (Phi) is 5.52. The molecule has 1 aliphatic rings. The Morgan fingerprint density at radius 3 is 2.50 bits per heavy atom. The molecule has 0 bridgehead atoms. The highest BCUT2D eigenvalue weighted by molar-refractivity contribution is 5.95. The van der Waals surface area contributed by atoms with Crippen molar-refractivity contribution in [2.24, 2.45) is 0 Å². The highest BCUT2D eigenvalue weighted by Gasteiger charge is 2.20. The Hall–Kier alpha value is -3.34. The highest BCUT2D eigenvalue weighted by atomic mass is 16.6. The zero-order chi connectivity index (χ0) is 19.2. The molecule has 2 aromatic carbocycles. The molecule has 28 heavy (non-hydrogen) atoms. The van der Waals surface area contributed by atoms with E-state index in [0.29, 0.717) is 43.4 Å². The minimum Gasteiger partial charge on any atom is -0.486 e. The van der Waals surface area contributed by atoms with Crippen molar-refractivity contribution in [3.05, 3.63) is 89.7 Å². The average molecular weight is 374 g/mol. The van der Waals surface area contributed by atoms with E-state index in [1.807, 2.05) is 41.3 Å². The Morgan fingerprint density at radius 1 is 0.929 bits per heavy atom. The van der Waals surface area contributed by atoms with Gasteiger partial charge in [-0.1, -0.05) is 36.4 Å². The van der Waals surface area contributed by atoms with Gasteiger partial charge in [0.25, 0.3) is 5.91 Å². The smallest absolute Gasteiger partial charge is 0.254 e. The van der Waals surface area contributed by atoms with Crippen LogP contribution in [0.25, 0.3) is 0 Å². The fraction of sp³-hybridized carbons (Fsp3) is 0.217. The van der Waals surface area contributed by atoms with Gasteiger partial charge in [0.2, 0.25) is 0 Å². The summed E-state index contributed by atoms with van der Waals surface area (Å²) in [6, 6.07) is 21.3. The summed E-state index contributed by atoms with van der Waals surface area (Å²) in [7, 11) is 0. The molecule has 0 radical (unpaired) electrons.